The van der Waals surface area contributed by atoms with E-state index in [0.717, 1.165) is 42.5 Å². The minimum atomic E-state index is -0.816. The lowest BCUT2D eigenvalue weighted by atomic mass is 9.80. The Bertz CT molecular complexity index is 568. The minimum absolute atomic E-state index is 0.0916. The number of nitrogens with zero attached hydrogens (tertiary/aromatic N) is 2. The number of carboxylic acid groups (broad SMARTS) is 1. The molecule has 3 aliphatic rings. The molecule has 22 heavy (non-hydrogen) atoms. The molecule has 1 aromatic rings. The predicted molar refractivity (Wildman–Crippen MR) is 90.0 cm³/mol. The van der Waals surface area contributed by atoms with E-state index < -0.39 is 11.6 Å². The normalized spacial score (nSPS) is 27.7. The molecule has 0 radical (unpaired) electrons. The van der Waals surface area contributed by atoms with Crippen molar-refractivity contribution in [1.82, 2.24) is 9.80 Å². The first-order chi connectivity index (χ1) is 10.4. The number of hydrogen-bond acceptors (Lipinski definition) is 2. The molecule has 2 bridgehead atoms. The van der Waals surface area contributed by atoms with Crippen LogP contribution in [0.25, 0.3) is 0 Å². The topological polar surface area (TPSA) is 43.8 Å². The van der Waals surface area contributed by atoms with Crippen LogP contribution in [-0.4, -0.2) is 46.7 Å². The van der Waals surface area contributed by atoms with Gasteiger partial charge in [-0.3, -0.25) is 4.90 Å². The molecule has 0 saturated carbocycles. The zero-order valence-corrected chi connectivity index (χ0v) is 14.7. The zero-order chi connectivity index (χ0) is 15.9. The maximum atomic E-state index is 12.1. The van der Waals surface area contributed by atoms with E-state index in [1.54, 1.807) is 4.90 Å². The summed E-state index contributed by atoms with van der Waals surface area (Å²) < 4.78 is 0.984. The molecule has 4 nitrogen and oxygen atoms in total. The zero-order valence-electron chi connectivity index (χ0n) is 13.1. The summed E-state index contributed by atoms with van der Waals surface area (Å²) in [4.78, 5) is 16.2. The predicted octanol–water partition coefficient (Wildman–Crippen LogP) is 3.76. The summed E-state index contributed by atoms with van der Waals surface area (Å²) in [5.74, 6) is 0.493. The molecule has 0 spiro atoms. The summed E-state index contributed by atoms with van der Waals surface area (Å²) in [5, 5.41) is 9.92. The van der Waals surface area contributed by atoms with E-state index in [2.05, 4.69) is 20.8 Å². The molecule has 0 aromatic heterocycles. The Hall–Kier alpha value is -1.07. The Morgan fingerprint density at radius 1 is 1.36 bits per heavy atom. The fourth-order valence-electron chi connectivity index (χ4n) is 4.03. The van der Waals surface area contributed by atoms with Crippen molar-refractivity contribution >= 4 is 22.0 Å². The fourth-order valence-corrected chi connectivity index (χ4v) is 4.43. The van der Waals surface area contributed by atoms with Crippen molar-refractivity contribution in [2.75, 3.05) is 19.6 Å². The largest absolute Gasteiger partial charge is 0.465 e. The van der Waals surface area contributed by atoms with Gasteiger partial charge < -0.3 is 10.0 Å². The van der Waals surface area contributed by atoms with Crippen LogP contribution in [0.1, 0.15) is 32.3 Å². The van der Waals surface area contributed by atoms with Gasteiger partial charge in [0.25, 0.3) is 0 Å². The van der Waals surface area contributed by atoms with Gasteiger partial charge in [-0.05, 0) is 63.4 Å². The minimum Gasteiger partial charge on any atom is -0.465 e. The fraction of sp³-hybridized carbons (Fsp3) is 0.588. The number of amides is 1. The molecule has 3 fully saturated rings. The quantitative estimate of drug-likeness (QED) is 0.885. The molecule has 4 rings (SSSR count). The van der Waals surface area contributed by atoms with Crippen LogP contribution >= 0.6 is 15.9 Å². The van der Waals surface area contributed by atoms with Gasteiger partial charge in [0.2, 0.25) is 0 Å². The average molecular weight is 367 g/mol. The highest BCUT2D eigenvalue weighted by Gasteiger charge is 2.45. The highest BCUT2D eigenvalue weighted by molar-refractivity contribution is 9.10. The van der Waals surface area contributed by atoms with E-state index in [1.165, 1.54) is 0 Å². The lowest BCUT2D eigenvalue weighted by Gasteiger charge is -2.52. The molecule has 1 amide bonds. The van der Waals surface area contributed by atoms with Gasteiger partial charge >= 0.3 is 6.09 Å². The van der Waals surface area contributed by atoms with Crippen LogP contribution in [0.2, 0.25) is 0 Å². The third-order valence-corrected chi connectivity index (χ3v) is 5.79. The summed E-state index contributed by atoms with van der Waals surface area (Å²) in [6.07, 6.45) is 1.41. The molecule has 1 unspecified atom stereocenters. The molecule has 5 heteroatoms. The molecule has 120 valence electrons. The van der Waals surface area contributed by atoms with Crippen LogP contribution in [-0.2, 0) is 5.54 Å². The first-order valence-corrected chi connectivity index (χ1v) is 8.69. The number of rotatable bonds is 3. The first-order valence-electron chi connectivity index (χ1n) is 7.90. The van der Waals surface area contributed by atoms with Gasteiger partial charge in [-0.15, -0.1) is 0 Å². The number of fused-ring (bicyclic) bond motifs is 3. The smallest absolute Gasteiger partial charge is 0.408 e. The van der Waals surface area contributed by atoms with Crippen LogP contribution < -0.4 is 0 Å². The van der Waals surface area contributed by atoms with Crippen LogP contribution in [0.4, 0.5) is 4.79 Å². The molecule has 1 N–H and O–H groups in total. The molecule has 1 aromatic carbocycles. The second-order valence-corrected chi connectivity index (χ2v) is 7.84. The van der Waals surface area contributed by atoms with Crippen molar-refractivity contribution < 1.29 is 9.90 Å². The summed E-state index contributed by atoms with van der Waals surface area (Å²) in [5.41, 5.74) is 0.486. The summed E-state index contributed by atoms with van der Waals surface area (Å²) in [6.45, 7) is 7.13. The van der Waals surface area contributed by atoms with Gasteiger partial charge in [-0.25, -0.2) is 4.79 Å². The standard InChI is InChI=1S/C17H23BrN2O2/c1-17(2,13-4-3-5-14(18)10-13)20(16(21)22)15-11-19-8-6-12(15)7-9-19/h3-5,10,12,15H,6-9,11H2,1-2H3,(H,21,22). The van der Waals surface area contributed by atoms with Crippen molar-refractivity contribution in [3.05, 3.63) is 34.3 Å². The van der Waals surface area contributed by atoms with Crippen molar-refractivity contribution in [2.45, 2.75) is 38.3 Å². The van der Waals surface area contributed by atoms with Crippen LogP contribution in [0.15, 0.2) is 28.7 Å². The van der Waals surface area contributed by atoms with E-state index in [1.807, 2.05) is 38.1 Å². The first kappa shape index (κ1) is 15.8. The van der Waals surface area contributed by atoms with E-state index >= 15 is 0 Å². The Balaban J connectivity index is 1.95. The second-order valence-electron chi connectivity index (χ2n) is 6.93. The Morgan fingerprint density at radius 2 is 2.05 bits per heavy atom. The maximum Gasteiger partial charge on any atom is 0.408 e. The van der Waals surface area contributed by atoms with Crippen molar-refractivity contribution in [1.29, 1.82) is 0 Å². The van der Waals surface area contributed by atoms with Gasteiger partial charge in [-0.2, -0.15) is 0 Å². The summed E-state index contributed by atoms with van der Waals surface area (Å²) in [6, 6.07) is 8.07. The number of piperidine rings is 3. The Kier molecular flexibility index (Phi) is 4.21. The van der Waals surface area contributed by atoms with Crippen LogP contribution in [0.3, 0.4) is 0 Å². The van der Waals surface area contributed by atoms with E-state index in [0.29, 0.717) is 5.92 Å². The third-order valence-electron chi connectivity index (χ3n) is 5.29. The average Bonchev–Trinajstić information content (AvgIpc) is 2.48. The highest BCUT2D eigenvalue weighted by Crippen LogP contribution is 2.38. The second kappa shape index (κ2) is 5.85. The number of halogens is 1. The Labute approximate surface area is 140 Å². The van der Waals surface area contributed by atoms with Crippen molar-refractivity contribution in [3.8, 4) is 0 Å². The lowest BCUT2D eigenvalue weighted by Crippen LogP contribution is -2.62. The number of hydrogen-bond donors (Lipinski definition) is 1. The van der Waals surface area contributed by atoms with Gasteiger partial charge in [0.15, 0.2) is 0 Å². The lowest BCUT2D eigenvalue weighted by molar-refractivity contribution is -0.0289. The number of benzene rings is 1. The van der Waals surface area contributed by atoms with Gasteiger partial charge in [0, 0.05) is 11.0 Å². The molecule has 3 heterocycles. The molecule has 0 aliphatic carbocycles. The van der Waals surface area contributed by atoms with Crippen LogP contribution in [0, 0.1) is 5.92 Å². The summed E-state index contributed by atoms with van der Waals surface area (Å²) in [7, 11) is 0. The van der Waals surface area contributed by atoms with Crippen molar-refractivity contribution in [3.63, 3.8) is 0 Å². The van der Waals surface area contributed by atoms with Gasteiger partial charge in [0.1, 0.15) is 0 Å². The molecule has 3 saturated heterocycles. The number of carbonyl (C=O) groups is 1. The van der Waals surface area contributed by atoms with E-state index in [4.69, 9.17) is 0 Å². The van der Waals surface area contributed by atoms with Crippen LogP contribution in [0.5, 0.6) is 0 Å². The molecular weight excluding hydrogens is 344 g/mol. The maximum absolute atomic E-state index is 12.1. The van der Waals surface area contributed by atoms with E-state index in [9.17, 15) is 9.90 Å². The van der Waals surface area contributed by atoms with Crippen molar-refractivity contribution in [2.24, 2.45) is 5.92 Å². The third kappa shape index (κ3) is 2.76. The SMILES string of the molecule is CC(C)(c1cccc(Br)c1)N(C(=O)O)C1CN2CCC1CC2. The van der Waals surface area contributed by atoms with Gasteiger partial charge in [0.05, 0.1) is 11.6 Å². The van der Waals surface area contributed by atoms with Gasteiger partial charge in [-0.1, -0.05) is 28.1 Å². The van der Waals surface area contributed by atoms with E-state index in [-0.39, 0.29) is 6.04 Å². The monoisotopic (exact) mass is 366 g/mol. The Morgan fingerprint density at radius 3 is 2.55 bits per heavy atom. The highest BCUT2D eigenvalue weighted by atomic mass is 79.9. The molecule has 3 aliphatic heterocycles. The molecular formula is C17H23BrN2O2. The molecule has 1 atom stereocenters. The summed E-state index contributed by atoms with van der Waals surface area (Å²) >= 11 is 3.50.